The summed E-state index contributed by atoms with van der Waals surface area (Å²) in [6, 6.07) is 15.9. The summed E-state index contributed by atoms with van der Waals surface area (Å²) in [5.41, 5.74) is 3.60. The molecule has 3 aliphatic heterocycles. The Morgan fingerprint density at radius 2 is 1.86 bits per heavy atom. The molecule has 4 aliphatic rings. The van der Waals surface area contributed by atoms with Crippen LogP contribution in [0.2, 0.25) is 0 Å². The normalized spacial score (nSPS) is 20.9. The van der Waals surface area contributed by atoms with Crippen molar-refractivity contribution in [3.05, 3.63) is 93.4 Å². The minimum absolute atomic E-state index is 0.108. The molecular formula is C38H39N7O5S. The molecule has 12 nitrogen and oxygen atoms in total. The van der Waals surface area contributed by atoms with Crippen LogP contribution in [0.25, 0.3) is 0 Å². The number of amides is 2. The molecule has 2 amide bonds. The fourth-order valence-electron chi connectivity index (χ4n) is 7.51. The monoisotopic (exact) mass is 705 g/mol. The number of carboxylic acid groups (broad SMARTS) is 1. The number of carbonyl (C=O) groups excluding carboxylic acids is 2. The van der Waals surface area contributed by atoms with Crippen molar-refractivity contribution < 1.29 is 24.2 Å². The van der Waals surface area contributed by atoms with Crippen LogP contribution in [0.4, 0.5) is 23.0 Å². The van der Waals surface area contributed by atoms with E-state index in [1.807, 2.05) is 19.9 Å². The molecule has 13 heteroatoms. The van der Waals surface area contributed by atoms with Gasteiger partial charge in [-0.2, -0.15) is 0 Å². The molecule has 1 spiro atoms. The smallest absolute Gasteiger partial charge is 0.345 e. The van der Waals surface area contributed by atoms with Crippen LogP contribution in [0, 0.1) is 12.3 Å². The second-order valence-corrected chi connectivity index (χ2v) is 15.1. The van der Waals surface area contributed by atoms with Gasteiger partial charge in [0.25, 0.3) is 11.8 Å². The third kappa shape index (κ3) is 6.19. The van der Waals surface area contributed by atoms with Gasteiger partial charge in [0, 0.05) is 60.8 Å². The highest BCUT2D eigenvalue weighted by Crippen LogP contribution is 2.44. The number of anilines is 3. The summed E-state index contributed by atoms with van der Waals surface area (Å²) in [4.78, 5) is 57.9. The van der Waals surface area contributed by atoms with E-state index < -0.39 is 12.0 Å². The third-order valence-electron chi connectivity index (χ3n) is 10.6. The fourth-order valence-corrected chi connectivity index (χ4v) is 8.42. The minimum atomic E-state index is -1.02. The van der Waals surface area contributed by atoms with Crippen molar-refractivity contribution in [3.8, 4) is 0 Å². The van der Waals surface area contributed by atoms with E-state index in [0.717, 1.165) is 43.0 Å². The van der Waals surface area contributed by atoms with E-state index in [-0.39, 0.29) is 22.1 Å². The summed E-state index contributed by atoms with van der Waals surface area (Å²) in [7, 11) is 0. The fraction of sp³-hybridized carbons (Fsp3) is 0.368. The van der Waals surface area contributed by atoms with Gasteiger partial charge in [-0.15, -0.1) is 11.3 Å². The van der Waals surface area contributed by atoms with Gasteiger partial charge in [0.1, 0.15) is 10.7 Å². The van der Waals surface area contributed by atoms with Gasteiger partial charge in [-0.3, -0.25) is 14.5 Å². The van der Waals surface area contributed by atoms with Crippen LogP contribution >= 0.6 is 11.3 Å². The van der Waals surface area contributed by atoms with Crippen LogP contribution in [0.3, 0.4) is 0 Å². The Morgan fingerprint density at radius 3 is 2.59 bits per heavy atom. The number of hydrogen-bond acceptors (Lipinski definition) is 10. The number of fused-ring (bicyclic) bond motifs is 1. The quantitative estimate of drug-likeness (QED) is 0.210. The van der Waals surface area contributed by atoms with Gasteiger partial charge >= 0.3 is 5.97 Å². The zero-order valence-corrected chi connectivity index (χ0v) is 29.3. The standard InChI is InChI=1S/C38H39N7O5S/c1-22-17-27(34(40-18-22)44-20-38(21-44)14-16-50-19-31(38)41-25-5-3-6-25)35(46)42-26-10-8-24(9-11-26)36(47)45-23(2)32(29-12-13-30(51-29)37(48)49)43-33-28(45)7-4-15-39-33/h4,7-13,15,17-18,23,25,31,41H,3,5-6,14,16,19-21H2,1-2H3,(H,42,46)(H,48,49)/t23-,31?/m1/s1. The van der Waals surface area contributed by atoms with Crippen LogP contribution in [0.5, 0.6) is 0 Å². The molecule has 51 heavy (non-hydrogen) atoms. The Labute approximate surface area is 299 Å². The molecule has 1 aromatic carbocycles. The van der Waals surface area contributed by atoms with E-state index in [1.165, 1.54) is 25.3 Å². The zero-order chi connectivity index (χ0) is 35.3. The predicted molar refractivity (Wildman–Crippen MR) is 196 cm³/mol. The molecule has 8 rings (SSSR count). The molecule has 262 valence electrons. The first-order valence-electron chi connectivity index (χ1n) is 17.4. The van der Waals surface area contributed by atoms with Gasteiger partial charge in [-0.05, 0) is 93.3 Å². The van der Waals surface area contributed by atoms with Crippen molar-refractivity contribution in [1.82, 2.24) is 15.3 Å². The molecule has 1 saturated carbocycles. The molecule has 6 heterocycles. The lowest BCUT2D eigenvalue weighted by Gasteiger charge is -2.57. The number of thiophene rings is 1. The lowest BCUT2D eigenvalue weighted by atomic mass is 9.69. The molecule has 3 N–H and O–H groups in total. The van der Waals surface area contributed by atoms with Gasteiger partial charge in [0.15, 0.2) is 5.82 Å². The number of aromatic carboxylic acids is 1. The molecule has 1 unspecified atom stereocenters. The van der Waals surface area contributed by atoms with Crippen molar-refractivity contribution in [3.63, 3.8) is 0 Å². The predicted octanol–water partition coefficient (Wildman–Crippen LogP) is 5.70. The average Bonchev–Trinajstić information content (AvgIpc) is 3.60. The van der Waals surface area contributed by atoms with Crippen molar-refractivity contribution in [2.75, 3.05) is 41.4 Å². The van der Waals surface area contributed by atoms with Gasteiger partial charge in [0.05, 0.1) is 34.5 Å². The Morgan fingerprint density at radius 1 is 1.06 bits per heavy atom. The SMILES string of the molecule is Cc1cnc(N2CC3(CCOCC3NC3CCC3)C2)c(C(=O)Nc2ccc(C(=O)N3c4cccnc4N=C(c4ccc(C(=O)O)s4)[C@H]3C)cc2)c1. The number of nitrogens with zero attached hydrogens (tertiary/aromatic N) is 5. The molecule has 1 aliphatic carbocycles. The van der Waals surface area contributed by atoms with E-state index in [4.69, 9.17) is 14.7 Å². The summed E-state index contributed by atoms with van der Waals surface area (Å²) < 4.78 is 5.87. The first-order valence-corrected chi connectivity index (χ1v) is 18.2. The number of carbonyl (C=O) groups is 3. The number of hydrogen-bond donors (Lipinski definition) is 3. The molecule has 0 radical (unpaired) electrons. The van der Waals surface area contributed by atoms with Gasteiger partial charge < -0.3 is 25.4 Å². The van der Waals surface area contributed by atoms with Crippen LogP contribution < -0.4 is 20.4 Å². The average molecular weight is 706 g/mol. The molecule has 3 fully saturated rings. The molecule has 2 saturated heterocycles. The Bertz CT molecular complexity index is 2040. The number of pyridine rings is 2. The maximum Gasteiger partial charge on any atom is 0.345 e. The minimum Gasteiger partial charge on any atom is -0.477 e. The maximum absolute atomic E-state index is 14.1. The number of aliphatic imine (C=N–C) groups is 1. The number of ether oxygens (including phenoxy) is 1. The number of aromatic nitrogens is 2. The summed E-state index contributed by atoms with van der Waals surface area (Å²) in [5.74, 6) is -0.496. The highest BCUT2D eigenvalue weighted by atomic mass is 32.1. The van der Waals surface area contributed by atoms with E-state index in [9.17, 15) is 19.5 Å². The first kappa shape index (κ1) is 33.2. The Hall–Kier alpha value is -4.98. The molecule has 2 atom stereocenters. The van der Waals surface area contributed by atoms with E-state index in [1.54, 1.807) is 59.8 Å². The largest absolute Gasteiger partial charge is 0.477 e. The topological polar surface area (TPSA) is 149 Å². The van der Waals surface area contributed by atoms with Gasteiger partial charge in [-0.25, -0.2) is 19.8 Å². The van der Waals surface area contributed by atoms with Crippen molar-refractivity contribution in [1.29, 1.82) is 0 Å². The maximum atomic E-state index is 14.1. The Kier molecular flexibility index (Phi) is 8.65. The Balaban J connectivity index is 0.982. The van der Waals surface area contributed by atoms with Gasteiger partial charge in [-0.1, -0.05) is 6.42 Å². The highest BCUT2D eigenvalue weighted by Gasteiger charge is 2.52. The first-order chi connectivity index (χ1) is 24.7. The number of rotatable bonds is 8. The van der Waals surface area contributed by atoms with Crippen LogP contribution in [-0.4, -0.2) is 83.0 Å². The van der Waals surface area contributed by atoms with Crippen LogP contribution in [-0.2, 0) is 4.74 Å². The molecule has 3 aromatic heterocycles. The summed E-state index contributed by atoms with van der Waals surface area (Å²) in [6.07, 6.45) is 8.13. The van der Waals surface area contributed by atoms with E-state index in [2.05, 4.69) is 20.5 Å². The lowest BCUT2D eigenvalue weighted by Crippen LogP contribution is -2.70. The zero-order valence-electron chi connectivity index (χ0n) is 28.5. The number of benzene rings is 1. The number of carboxylic acids is 1. The van der Waals surface area contributed by atoms with Crippen molar-refractivity contribution in [2.24, 2.45) is 10.4 Å². The molecule has 0 bridgehead atoms. The van der Waals surface area contributed by atoms with E-state index >= 15 is 0 Å². The third-order valence-corrected chi connectivity index (χ3v) is 11.7. The van der Waals surface area contributed by atoms with Crippen molar-refractivity contribution in [2.45, 2.75) is 57.7 Å². The van der Waals surface area contributed by atoms with Crippen molar-refractivity contribution >= 4 is 57.8 Å². The summed E-state index contributed by atoms with van der Waals surface area (Å²) in [5, 5.41) is 16.3. The second-order valence-electron chi connectivity index (χ2n) is 14.0. The second kappa shape index (κ2) is 13.3. The van der Waals surface area contributed by atoms with Crippen LogP contribution in [0.15, 0.2) is 72.0 Å². The highest BCUT2D eigenvalue weighted by molar-refractivity contribution is 7.16. The molecule has 4 aromatic rings. The lowest BCUT2D eigenvalue weighted by molar-refractivity contribution is -0.0406. The van der Waals surface area contributed by atoms with Crippen LogP contribution in [0.1, 0.15) is 73.4 Å². The number of nitrogens with one attached hydrogen (secondary N) is 2. The van der Waals surface area contributed by atoms with E-state index in [0.29, 0.717) is 63.4 Å². The summed E-state index contributed by atoms with van der Waals surface area (Å²) in [6.45, 7) is 6.90. The molecular weight excluding hydrogens is 667 g/mol. The van der Waals surface area contributed by atoms with Gasteiger partial charge in [0.2, 0.25) is 0 Å². The summed E-state index contributed by atoms with van der Waals surface area (Å²) >= 11 is 1.11. The number of aryl methyl sites for hydroxylation is 1.